The van der Waals surface area contributed by atoms with Crippen molar-refractivity contribution in [1.29, 1.82) is 0 Å². The summed E-state index contributed by atoms with van der Waals surface area (Å²) in [5.74, 6) is 2.57. The fourth-order valence-electron chi connectivity index (χ4n) is 5.34. The fraction of sp³-hybridized carbons (Fsp3) is 1.00. The molecule has 0 spiro atoms. The maximum atomic E-state index is 13.4. The highest BCUT2D eigenvalue weighted by Crippen LogP contribution is 2.78. The van der Waals surface area contributed by atoms with Gasteiger partial charge in [-0.1, -0.05) is 41.5 Å². The minimum atomic E-state index is -1.95. The number of fused-ring (bicyclic) bond motifs is 2. The number of rotatable bonds is 2. The summed E-state index contributed by atoms with van der Waals surface area (Å²) < 4.78 is 13.4. The lowest BCUT2D eigenvalue weighted by Gasteiger charge is -2.64. The second kappa shape index (κ2) is 3.70. The van der Waals surface area contributed by atoms with Gasteiger partial charge >= 0.3 is 0 Å². The van der Waals surface area contributed by atoms with Crippen LogP contribution in [-0.2, 0) is 4.57 Å². The van der Waals surface area contributed by atoms with Crippen molar-refractivity contribution in [3.63, 3.8) is 0 Å². The first-order chi connectivity index (χ1) is 8.51. The molecule has 110 valence electrons. The van der Waals surface area contributed by atoms with Crippen LogP contribution in [0.5, 0.6) is 0 Å². The van der Waals surface area contributed by atoms with E-state index in [0.717, 1.165) is 30.1 Å². The number of hydrogen-bond acceptors (Lipinski definition) is 1. The van der Waals surface area contributed by atoms with E-state index in [9.17, 15) is 4.57 Å². The maximum absolute atomic E-state index is 13.4. The zero-order chi connectivity index (χ0) is 14.3. The van der Waals surface area contributed by atoms with E-state index in [1.165, 1.54) is 19.3 Å². The van der Waals surface area contributed by atoms with Crippen LogP contribution in [0.1, 0.15) is 60.8 Å². The van der Waals surface area contributed by atoms with E-state index in [0.29, 0.717) is 5.41 Å². The first-order valence-corrected chi connectivity index (χ1v) is 10.2. The Morgan fingerprint density at radius 3 is 2.11 bits per heavy atom. The third kappa shape index (κ3) is 1.63. The van der Waals surface area contributed by atoms with Gasteiger partial charge in [-0.25, -0.2) is 0 Å². The van der Waals surface area contributed by atoms with Gasteiger partial charge < -0.3 is 4.57 Å². The summed E-state index contributed by atoms with van der Waals surface area (Å²) in [6.07, 6.45) is 6.18. The van der Waals surface area contributed by atoms with Crippen molar-refractivity contribution in [2.75, 3.05) is 12.3 Å². The Hall–Kier alpha value is 0.230. The molecule has 0 aromatic heterocycles. The van der Waals surface area contributed by atoms with Crippen molar-refractivity contribution in [3.8, 4) is 0 Å². The summed E-state index contributed by atoms with van der Waals surface area (Å²) in [5, 5.41) is 0.0603. The SMILES string of the molecule is CC1(C)[C@H]2CC[C@@H](C[P@@]3(=O)CC(C)(C)C3(C)C)[C@@H]1C2. The molecule has 1 saturated heterocycles. The van der Waals surface area contributed by atoms with E-state index in [4.69, 9.17) is 0 Å². The smallest absolute Gasteiger partial charge is 0.0944 e. The van der Waals surface area contributed by atoms with Crippen LogP contribution < -0.4 is 0 Å². The van der Waals surface area contributed by atoms with Gasteiger partial charge in [-0.2, -0.15) is 0 Å². The fourth-order valence-corrected chi connectivity index (χ4v) is 10.1. The van der Waals surface area contributed by atoms with Crippen molar-refractivity contribution in [2.45, 2.75) is 66.0 Å². The highest BCUT2D eigenvalue weighted by molar-refractivity contribution is 7.67. The summed E-state index contributed by atoms with van der Waals surface area (Å²) >= 11 is 0. The molecule has 4 atom stereocenters. The first-order valence-electron chi connectivity index (χ1n) is 8.09. The van der Waals surface area contributed by atoms with E-state index in [2.05, 4.69) is 41.5 Å². The zero-order valence-electron chi connectivity index (χ0n) is 13.6. The Kier molecular flexibility index (Phi) is 2.76. The van der Waals surface area contributed by atoms with E-state index < -0.39 is 7.14 Å². The van der Waals surface area contributed by atoms with Gasteiger partial charge in [-0.3, -0.25) is 0 Å². The highest BCUT2D eigenvalue weighted by atomic mass is 31.2. The molecule has 4 rings (SSSR count). The lowest BCUT2D eigenvalue weighted by atomic mass is 9.46. The van der Waals surface area contributed by atoms with E-state index in [1.807, 2.05) is 0 Å². The quantitative estimate of drug-likeness (QED) is 0.633. The number of hydrogen-bond donors (Lipinski definition) is 0. The molecule has 1 heterocycles. The third-order valence-corrected chi connectivity index (χ3v) is 12.9. The Labute approximate surface area is 119 Å². The summed E-state index contributed by atoms with van der Waals surface area (Å²) in [5.41, 5.74) is 0.807. The molecule has 4 fully saturated rings. The third-order valence-electron chi connectivity index (χ3n) is 7.86. The molecule has 0 unspecified atom stereocenters. The van der Waals surface area contributed by atoms with Crippen molar-refractivity contribution >= 4 is 7.14 Å². The van der Waals surface area contributed by atoms with Crippen molar-refractivity contribution in [2.24, 2.45) is 28.6 Å². The molecule has 4 aliphatic rings. The molecular weight excluding hydrogens is 251 g/mol. The van der Waals surface area contributed by atoms with Crippen LogP contribution in [0.3, 0.4) is 0 Å². The van der Waals surface area contributed by atoms with Gasteiger partial charge in [0, 0.05) is 17.5 Å². The Bertz CT molecular complexity index is 444. The summed E-state index contributed by atoms with van der Waals surface area (Å²) in [4.78, 5) is 0. The topological polar surface area (TPSA) is 17.1 Å². The molecule has 1 nitrogen and oxygen atoms in total. The van der Waals surface area contributed by atoms with Gasteiger partial charge in [-0.05, 0) is 47.8 Å². The van der Waals surface area contributed by atoms with Gasteiger partial charge in [0.1, 0.15) is 0 Å². The molecule has 1 aliphatic heterocycles. The van der Waals surface area contributed by atoms with Crippen LogP contribution in [0.4, 0.5) is 0 Å². The van der Waals surface area contributed by atoms with Gasteiger partial charge in [0.2, 0.25) is 0 Å². The van der Waals surface area contributed by atoms with Crippen LogP contribution >= 0.6 is 7.14 Å². The Morgan fingerprint density at radius 1 is 1.05 bits per heavy atom. The van der Waals surface area contributed by atoms with Crippen LogP contribution in [-0.4, -0.2) is 17.5 Å². The molecule has 0 aromatic rings. The van der Waals surface area contributed by atoms with Crippen molar-refractivity contribution in [1.82, 2.24) is 0 Å². The standard InChI is InChI=1S/C17H31OP/c1-15(2)11-19(18,17(15,5)6)10-12-7-8-13-9-14(12)16(13,3)4/h12-14H,7-11H2,1-6H3/t12-,13-,14-,19+/m0/s1. The molecule has 0 N–H and O–H groups in total. The summed E-state index contributed by atoms with van der Waals surface area (Å²) in [7, 11) is -1.95. The normalized spacial score (nSPS) is 49.1. The van der Waals surface area contributed by atoms with Crippen molar-refractivity contribution < 1.29 is 4.57 Å². The predicted octanol–water partition coefficient (Wildman–Crippen LogP) is 5.24. The second-order valence-corrected chi connectivity index (χ2v) is 12.9. The van der Waals surface area contributed by atoms with E-state index in [1.54, 1.807) is 0 Å². The van der Waals surface area contributed by atoms with Crippen LogP contribution in [0.2, 0.25) is 0 Å². The van der Waals surface area contributed by atoms with Gasteiger partial charge in [-0.15, -0.1) is 0 Å². The van der Waals surface area contributed by atoms with Gasteiger partial charge in [0.05, 0.1) is 7.14 Å². The zero-order valence-corrected chi connectivity index (χ0v) is 14.5. The monoisotopic (exact) mass is 282 g/mol. The average molecular weight is 282 g/mol. The lowest BCUT2D eigenvalue weighted by Crippen LogP contribution is -2.57. The van der Waals surface area contributed by atoms with Crippen LogP contribution in [0.25, 0.3) is 0 Å². The lowest BCUT2D eigenvalue weighted by molar-refractivity contribution is -0.0982. The predicted molar refractivity (Wildman–Crippen MR) is 83.3 cm³/mol. The largest absolute Gasteiger partial charge is 0.323 e. The molecule has 2 bridgehead atoms. The first kappa shape index (κ1) is 14.2. The summed E-state index contributed by atoms with van der Waals surface area (Å²) in [6, 6.07) is 0. The van der Waals surface area contributed by atoms with E-state index >= 15 is 0 Å². The molecule has 3 saturated carbocycles. The van der Waals surface area contributed by atoms with E-state index in [-0.39, 0.29) is 10.6 Å². The maximum Gasteiger partial charge on any atom is 0.0944 e. The molecule has 19 heavy (non-hydrogen) atoms. The van der Waals surface area contributed by atoms with Crippen LogP contribution in [0, 0.1) is 28.6 Å². The Morgan fingerprint density at radius 2 is 1.68 bits per heavy atom. The molecule has 0 amide bonds. The molecule has 3 aliphatic carbocycles. The minimum absolute atomic E-state index is 0.0603. The minimum Gasteiger partial charge on any atom is -0.323 e. The molecule has 0 radical (unpaired) electrons. The Balaban J connectivity index is 1.75. The average Bonchev–Trinajstić information content (AvgIpc) is 2.27. The van der Waals surface area contributed by atoms with Crippen molar-refractivity contribution in [3.05, 3.63) is 0 Å². The van der Waals surface area contributed by atoms with Gasteiger partial charge in [0.15, 0.2) is 0 Å². The second-order valence-electron chi connectivity index (χ2n) is 9.37. The highest BCUT2D eigenvalue weighted by Gasteiger charge is 2.64. The molecular formula is C17H31OP. The summed E-state index contributed by atoms with van der Waals surface area (Å²) in [6.45, 7) is 14.0. The molecule has 2 heteroatoms. The molecule has 0 aromatic carbocycles. The van der Waals surface area contributed by atoms with Crippen LogP contribution in [0.15, 0.2) is 0 Å². The van der Waals surface area contributed by atoms with Gasteiger partial charge in [0.25, 0.3) is 0 Å².